The average molecular weight is 506 g/mol. The number of piperazine rings is 1. The van der Waals surface area contributed by atoms with E-state index in [9.17, 15) is 0 Å². The molecule has 2 aromatic carbocycles. The first-order valence-corrected chi connectivity index (χ1v) is 13.2. The smallest absolute Gasteiger partial charge is 0.166 e. The zero-order chi connectivity index (χ0) is 23.0. The lowest BCUT2D eigenvalue weighted by molar-refractivity contribution is 0.214. The number of halogens is 2. The van der Waals surface area contributed by atoms with Crippen molar-refractivity contribution in [1.29, 1.82) is 0 Å². The fraction of sp³-hybridized carbons (Fsp3) is 0.500. The molecule has 0 unspecified atom stereocenters. The predicted octanol–water partition coefficient (Wildman–Crippen LogP) is 5.73. The molecule has 2 N–H and O–H groups in total. The molecule has 0 amide bonds. The molecule has 33 heavy (non-hydrogen) atoms. The van der Waals surface area contributed by atoms with Gasteiger partial charge in [0.2, 0.25) is 0 Å². The molecule has 7 heteroatoms. The highest BCUT2D eigenvalue weighted by molar-refractivity contribution is 7.80. The number of nitrogens with one attached hydrogen (secondary N) is 2. The molecule has 2 aliphatic rings. The molecule has 2 aromatic rings. The second-order valence-electron chi connectivity index (χ2n) is 9.22. The summed E-state index contributed by atoms with van der Waals surface area (Å²) in [5, 5.41) is 8.96. The van der Waals surface area contributed by atoms with Gasteiger partial charge in [0, 0.05) is 38.8 Å². The van der Waals surface area contributed by atoms with Crippen molar-refractivity contribution >= 4 is 46.2 Å². The van der Waals surface area contributed by atoms with Crippen molar-refractivity contribution in [3.05, 3.63) is 64.1 Å². The van der Waals surface area contributed by atoms with Crippen molar-refractivity contribution < 1.29 is 0 Å². The standard InChI is InChI=1S/C26H34Cl2N4S/c27-23-7-4-8-24(25(23)28)32-17-15-31(16-18-32)14-13-20-9-11-22(12-10-20)30-26(33)29-19-21-5-2-1-3-6-21/h1-8,20,22H,9-19H2,(H2,29,30,33)/t20-,22-. The van der Waals surface area contributed by atoms with E-state index >= 15 is 0 Å². The van der Waals surface area contributed by atoms with Crippen molar-refractivity contribution in [3.63, 3.8) is 0 Å². The summed E-state index contributed by atoms with van der Waals surface area (Å²) in [5.74, 6) is 0.828. The largest absolute Gasteiger partial charge is 0.368 e. The molecule has 0 radical (unpaired) electrons. The molecule has 1 heterocycles. The maximum atomic E-state index is 6.41. The van der Waals surface area contributed by atoms with Gasteiger partial charge >= 0.3 is 0 Å². The van der Waals surface area contributed by atoms with Gasteiger partial charge in [0.15, 0.2) is 5.11 Å². The summed E-state index contributed by atoms with van der Waals surface area (Å²) in [6.45, 7) is 6.15. The first-order valence-electron chi connectivity index (χ1n) is 12.1. The number of nitrogens with zero attached hydrogens (tertiary/aromatic N) is 2. The first-order chi connectivity index (χ1) is 16.1. The Kier molecular flexibility index (Phi) is 9.13. The van der Waals surface area contributed by atoms with E-state index in [-0.39, 0.29) is 0 Å². The van der Waals surface area contributed by atoms with Gasteiger partial charge in [-0.1, -0.05) is 59.6 Å². The third kappa shape index (κ3) is 7.22. The monoisotopic (exact) mass is 504 g/mol. The van der Waals surface area contributed by atoms with E-state index in [4.69, 9.17) is 35.4 Å². The third-order valence-corrected chi connectivity index (χ3v) is 8.05. The Labute approximate surface area is 213 Å². The highest BCUT2D eigenvalue weighted by atomic mass is 35.5. The summed E-state index contributed by atoms with van der Waals surface area (Å²) in [6, 6.07) is 16.8. The van der Waals surface area contributed by atoms with Gasteiger partial charge in [-0.05, 0) is 74.5 Å². The van der Waals surface area contributed by atoms with Gasteiger partial charge in [0.25, 0.3) is 0 Å². The topological polar surface area (TPSA) is 30.5 Å². The molecule has 0 spiro atoms. The van der Waals surface area contributed by atoms with Crippen LogP contribution in [-0.2, 0) is 6.54 Å². The normalized spacial score (nSPS) is 21.6. The van der Waals surface area contributed by atoms with Gasteiger partial charge in [-0.15, -0.1) is 0 Å². The minimum Gasteiger partial charge on any atom is -0.368 e. The van der Waals surface area contributed by atoms with Crippen LogP contribution in [0.15, 0.2) is 48.5 Å². The average Bonchev–Trinajstić information content (AvgIpc) is 2.85. The van der Waals surface area contributed by atoms with Crippen molar-refractivity contribution in [2.75, 3.05) is 37.6 Å². The van der Waals surface area contributed by atoms with Crippen LogP contribution in [0.25, 0.3) is 0 Å². The molecule has 1 saturated carbocycles. The van der Waals surface area contributed by atoms with Crippen LogP contribution < -0.4 is 15.5 Å². The van der Waals surface area contributed by atoms with Crippen LogP contribution in [0, 0.1) is 5.92 Å². The summed E-state index contributed by atoms with van der Waals surface area (Å²) < 4.78 is 0. The maximum Gasteiger partial charge on any atom is 0.166 e. The quantitative estimate of drug-likeness (QED) is 0.470. The zero-order valence-corrected chi connectivity index (χ0v) is 21.4. The molecule has 4 rings (SSSR count). The van der Waals surface area contributed by atoms with Crippen LogP contribution in [-0.4, -0.2) is 48.8 Å². The van der Waals surface area contributed by atoms with Gasteiger partial charge in [-0.3, -0.25) is 4.90 Å². The number of anilines is 1. The maximum absolute atomic E-state index is 6.41. The van der Waals surface area contributed by atoms with E-state index in [0.717, 1.165) is 49.4 Å². The number of benzene rings is 2. The minimum absolute atomic E-state index is 0.503. The zero-order valence-electron chi connectivity index (χ0n) is 19.1. The van der Waals surface area contributed by atoms with Crippen LogP contribution in [0.4, 0.5) is 5.69 Å². The summed E-state index contributed by atoms with van der Waals surface area (Å²) in [4.78, 5) is 4.96. The third-order valence-electron chi connectivity index (χ3n) is 6.98. The molecule has 0 bridgehead atoms. The van der Waals surface area contributed by atoms with Gasteiger partial charge in [-0.2, -0.15) is 0 Å². The summed E-state index contributed by atoms with van der Waals surface area (Å²) >= 11 is 18.1. The Morgan fingerprint density at radius 1 is 0.909 bits per heavy atom. The molecule has 1 saturated heterocycles. The van der Waals surface area contributed by atoms with Gasteiger partial charge in [0.05, 0.1) is 15.7 Å². The molecule has 178 valence electrons. The highest BCUT2D eigenvalue weighted by Gasteiger charge is 2.24. The van der Waals surface area contributed by atoms with Crippen molar-refractivity contribution in [3.8, 4) is 0 Å². The van der Waals surface area contributed by atoms with Crippen LogP contribution in [0.3, 0.4) is 0 Å². The van der Waals surface area contributed by atoms with E-state index in [2.05, 4.69) is 50.8 Å². The lowest BCUT2D eigenvalue weighted by Crippen LogP contribution is -2.47. The number of thiocarbonyl (C=S) groups is 1. The van der Waals surface area contributed by atoms with E-state index < -0.39 is 0 Å². The number of hydrogen-bond donors (Lipinski definition) is 2. The first kappa shape index (κ1) is 24.6. The molecule has 2 fully saturated rings. The molecule has 1 aliphatic heterocycles. The summed E-state index contributed by atoms with van der Waals surface area (Å²) in [6.07, 6.45) is 6.28. The van der Waals surface area contributed by atoms with Gasteiger partial charge in [-0.25, -0.2) is 0 Å². The number of rotatable bonds is 7. The second-order valence-corrected chi connectivity index (χ2v) is 10.4. The van der Waals surface area contributed by atoms with E-state index in [1.165, 1.54) is 44.2 Å². The van der Waals surface area contributed by atoms with Crippen LogP contribution in [0.2, 0.25) is 10.0 Å². The summed E-state index contributed by atoms with van der Waals surface area (Å²) in [5.41, 5.74) is 2.31. The van der Waals surface area contributed by atoms with E-state index in [0.29, 0.717) is 16.1 Å². The Balaban J connectivity index is 1.11. The van der Waals surface area contributed by atoms with Crippen molar-refractivity contribution in [2.45, 2.75) is 44.7 Å². The molecule has 0 aromatic heterocycles. The fourth-order valence-corrected chi connectivity index (χ4v) is 5.58. The van der Waals surface area contributed by atoms with Crippen LogP contribution >= 0.6 is 35.4 Å². The van der Waals surface area contributed by atoms with Crippen molar-refractivity contribution in [1.82, 2.24) is 15.5 Å². The number of hydrogen-bond acceptors (Lipinski definition) is 3. The van der Waals surface area contributed by atoms with Crippen molar-refractivity contribution in [2.24, 2.45) is 5.92 Å². The van der Waals surface area contributed by atoms with Gasteiger partial charge < -0.3 is 15.5 Å². The highest BCUT2D eigenvalue weighted by Crippen LogP contribution is 2.33. The molecular formula is C26H34Cl2N4S. The fourth-order valence-electron chi connectivity index (χ4n) is 4.92. The predicted molar refractivity (Wildman–Crippen MR) is 144 cm³/mol. The summed E-state index contributed by atoms with van der Waals surface area (Å²) in [7, 11) is 0. The van der Waals surface area contributed by atoms with E-state index in [1.54, 1.807) is 0 Å². The van der Waals surface area contributed by atoms with E-state index in [1.807, 2.05) is 18.2 Å². The Morgan fingerprint density at radius 3 is 2.36 bits per heavy atom. The molecule has 0 atom stereocenters. The lowest BCUT2D eigenvalue weighted by atomic mass is 9.84. The second kappa shape index (κ2) is 12.3. The van der Waals surface area contributed by atoms with Gasteiger partial charge in [0.1, 0.15) is 0 Å². The SMILES string of the molecule is S=C(NCc1ccccc1)N[C@H]1CC[C@H](CCN2CCN(c3cccc(Cl)c3Cl)CC2)CC1. The lowest BCUT2D eigenvalue weighted by Gasteiger charge is -2.37. The van der Waals surface area contributed by atoms with Crippen LogP contribution in [0.1, 0.15) is 37.7 Å². The Hall–Kier alpha value is -1.53. The van der Waals surface area contributed by atoms with Crippen LogP contribution in [0.5, 0.6) is 0 Å². The molecular weight excluding hydrogens is 471 g/mol. The molecule has 4 nitrogen and oxygen atoms in total. The molecule has 1 aliphatic carbocycles. The Morgan fingerprint density at radius 2 is 1.64 bits per heavy atom. The minimum atomic E-state index is 0.503. The Bertz CT molecular complexity index is 894.